The van der Waals surface area contributed by atoms with Crippen molar-refractivity contribution < 1.29 is 43.9 Å². The maximum atomic E-state index is 12.2. The first-order chi connectivity index (χ1) is 15.6. The van der Waals surface area contributed by atoms with Crippen LogP contribution in [-0.2, 0) is 35.0 Å². The quantitative estimate of drug-likeness (QED) is 0.335. The highest BCUT2D eigenvalue weighted by atomic mass is 16.7. The summed E-state index contributed by atoms with van der Waals surface area (Å²) in [7, 11) is 0. The number of nitrogens with one attached hydrogen (secondary N) is 1. The Morgan fingerprint density at radius 1 is 1.18 bits per heavy atom. The maximum Gasteiger partial charge on any atom is 0.306 e. The van der Waals surface area contributed by atoms with Crippen LogP contribution in [-0.4, -0.2) is 70.4 Å². The van der Waals surface area contributed by atoms with Crippen molar-refractivity contribution >= 4 is 17.8 Å². The van der Waals surface area contributed by atoms with Crippen molar-refractivity contribution in [3.05, 3.63) is 29.8 Å². The zero-order valence-electron chi connectivity index (χ0n) is 18.9. The van der Waals surface area contributed by atoms with E-state index < -0.39 is 42.6 Å². The molecule has 10 heteroatoms. The Hall–Kier alpha value is -2.69. The van der Waals surface area contributed by atoms with Gasteiger partial charge < -0.3 is 34.8 Å². The summed E-state index contributed by atoms with van der Waals surface area (Å²) in [6.45, 7) is 3.80. The number of aliphatic hydroxyl groups excluding tert-OH is 1. The molecule has 0 bridgehead atoms. The molecule has 1 fully saturated rings. The third-order valence-electron chi connectivity index (χ3n) is 5.30. The number of carbonyl (C=O) groups is 3. The number of phenols is 1. The van der Waals surface area contributed by atoms with Gasteiger partial charge in [0.15, 0.2) is 6.29 Å². The molecule has 33 heavy (non-hydrogen) atoms. The Morgan fingerprint density at radius 2 is 1.88 bits per heavy atom. The second kappa shape index (κ2) is 13.1. The molecular formula is C23H33NO9. The van der Waals surface area contributed by atoms with Crippen molar-refractivity contribution in [1.82, 2.24) is 5.32 Å². The average Bonchev–Trinajstić information content (AvgIpc) is 2.75. The molecule has 0 aromatic heterocycles. The normalized spacial score (nSPS) is 23.5. The lowest BCUT2D eigenvalue weighted by molar-refractivity contribution is -0.276. The van der Waals surface area contributed by atoms with Gasteiger partial charge in [-0.2, -0.15) is 0 Å². The summed E-state index contributed by atoms with van der Waals surface area (Å²) >= 11 is 0. The lowest BCUT2D eigenvalue weighted by Gasteiger charge is -2.38. The van der Waals surface area contributed by atoms with Gasteiger partial charge in [0.1, 0.15) is 18.0 Å². The van der Waals surface area contributed by atoms with Crippen LogP contribution in [0.3, 0.4) is 0 Å². The smallest absolute Gasteiger partial charge is 0.306 e. The van der Waals surface area contributed by atoms with E-state index in [-0.39, 0.29) is 43.8 Å². The van der Waals surface area contributed by atoms with E-state index in [0.29, 0.717) is 13.0 Å². The van der Waals surface area contributed by atoms with Crippen LogP contribution in [0.4, 0.5) is 0 Å². The van der Waals surface area contributed by atoms with E-state index in [4.69, 9.17) is 19.3 Å². The van der Waals surface area contributed by atoms with E-state index in [1.807, 2.05) is 0 Å². The van der Waals surface area contributed by atoms with Gasteiger partial charge in [0.05, 0.1) is 18.6 Å². The van der Waals surface area contributed by atoms with Crippen molar-refractivity contribution in [2.24, 2.45) is 0 Å². The minimum absolute atomic E-state index is 0.0221. The van der Waals surface area contributed by atoms with Crippen LogP contribution in [0.5, 0.6) is 5.75 Å². The molecule has 4 N–H and O–H groups in total. The first-order valence-electron chi connectivity index (χ1n) is 11.1. The van der Waals surface area contributed by atoms with Crippen LogP contribution < -0.4 is 5.32 Å². The minimum Gasteiger partial charge on any atom is -0.508 e. The number of ether oxygens (including phenoxy) is 3. The third-order valence-corrected chi connectivity index (χ3v) is 5.30. The molecule has 1 heterocycles. The Morgan fingerprint density at radius 3 is 2.55 bits per heavy atom. The monoisotopic (exact) mass is 467 g/mol. The van der Waals surface area contributed by atoms with Gasteiger partial charge in [-0.25, -0.2) is 0 Å². The number of phenolic OH excluding ortho intramolecular Hbond substituents is 1. The van der Waals surface area contributed by atoms with E-state index in [9.17, 15) is 24.6 Å². The molecule has 1 aromatic rings. The number of esters is 1. The zero-order chi connectivity index (χ0) is 24.4. The predicted molar refractivity (Wildman–Crippen MR) is 116 cm³/mol. The van der Waals surface area contributed by atoms with Crippen molar-refractivity contribution in [2.75, 3.05) is 6.54 Å². The molecule has 1 saturated heterocycles. The fraction of sp³-hybridized carbons (Fsp3) is 0.609. The van der Waals surface area contributed by atoms with Gasteiger partial charge >= 0.3 is 11.9 Å². The number of aliphatic carboxylic acids is 1. The number of hydrogen-bond acceptors (Lipinski definition) is 8. The summed E-state index contributed by atoms with van der Waals surface area (Å²) in [6, 6.07) is 6.70. The van der Waals surface area contributed by atoms with Gasteiger partial charge in [0.25, 0.3) is 0 Å². The van der Waals surface area contributed by atoms with Gasteiger partial charge in [0.2, 0.25) is 5.91 Å². The number of amides is 1. The summed E-state index contributed by atoms with van der Waals surface area (Å²) in [6.07, 6.45) is -2.77. The molecule has 1 aliphatic rings. The highest BCUT2D eigenvalue weighted by molar-refractivity contribution is 5.81. The molecule has 184 valence electrons. The van der Waals surface area contributed by atoms with Crippen LogP contribution in [0.15, 0.2) is 24.3 Å². The first kappa shape index (κ1) is 26.6. The minimum atomic E-state index is -1.03. The number of rotatable bonds is 12. The SMILES string of the molecule is CC(CCC(=O)O)O[C@@H]1OC(C)[C@H](OC(=O)CCC(=O)NCCc2ccc(O)cc2)CC1O. The number of aromatic hydroxyl groups is 1. The number of benzene rings is 1. The topological polar surface area (TPSA) is 152 Å². The molecule has 0 spiro atoms. The average molecular weight is 468 g/mol. The Kier molecular flexibility index (Phi) is 10.6. The standard InChI is InChI=1S/C23H33NO9/c1-14(3-9-21(28)29)31-23-18(26)13-19(15(2)32-23)33-22(30)10-8-20(27)24-12-11-16-4-6-17(25)7-5-16/h4-7,14-15,18-19,23,25-26H,3,8-13H2,1-2H3,(H,24,27)(H,28,29)/t14?,15?,18?,19-,23-/m1/s1. The van der Waals surface area contributed by atoms with E-state index in [1.54, 1.807) is 38.1 Å². The Bertz CT molecular complexity index is 783. The molecule has 10 nitrogen and oxygen atoms in total. The van der Waals surface area contributed by atoms with Crippen LogP contribution in [0, 0.1) is 0 Å². The molecule has 0 radical (unpaired) electrons. The summed E-state index contributed by atoms with van der Waals surface area (Å²) in [5, 5.41) is 31.0. The van der Waals surface area contributed by atoms with Crippen LogP contribution >= 0.6 is 0 Å². The molecule has 0 aliphatic carbocycles. The fourth-order valence-corrected chi connectivity index (χ4v) is 3.36. The second-order valence-corrected chi connectivity index (χ2v) is 8.19. The number of carboxylic acid groups (broad SMARTS) is 1. The Balaban J connectivity index is 1.66. The highest BCUT2D eigenvalue weighted by Gasteiger charge is 2.38. The lowest BCUT2D eigenvalue weighted by atomic mass is 10.0. The second-order valence-electron chi connectivity index (χ2n) is 8.19. The number of carbonyl (C=O) groups excluding carboxylic acids is 2. The highest BCUT2D eigenvalue weighted by Crippen LogP contribution is 2.25. The third kappa shape index (κ3) is 9.77. The van der Waals surface area contributed by atoms with Crippen LogP contribution in [0.1, 0.15) is 51.5 Å². The summed E-state index contributed by atoms with van der Waals surface area (Å²) in [5.41, 5.74) is 0.968. The van der Waals surface area contributed by atoms with Crippen molar-refractivity contribution in [2.45, 2.75) is 83.1 Å². The molecule has 1 aliphatic heterocycles. The number of hydrogen-bond donors (Lipinski definition) is 4. The van der Waals surface area contributed by atoms with Gasteiger partial charge in [-0.05, 0) is 44.4 Å². The van der Waals surface area contributed by atoms with Crippen LogP contribution in [0.25, 0.3) is 0 Å². The van der Waals surface area contributed by atoms with Gasteiger partial charge in [-0.3, -0.25) is 14.4 Å². The van der Waals surface area contributed by atoms with Gasteiger partial charge in [0, 0.05) is 25.8 Å². The zero-order valence-corrected chi connectivity index (χ0v) is 18.9. The Labute approximate surface area is 192 Å². The van der Waals surface area contributed by atoms with Crippen molar-refractivity contribution in [3.8, 4) is 5.75 Å². The van der Waals surface area contributed by atoms with Gasteiger partial charge in [-0.1, -0.05) is 12.1 Å². The first-order valence-corrected chi connectivity index (χ1v) is 11.1. The molecule has 2 rings (SSSR count). The van der Waals surface area contributed by atoms with Crippen molar-refractivity contribution in [3.63, 3.8) is 0 Å². The number of aliphatic hydroxyl groups is 1. The maximum absolute atomic E-state index is 12.2. The molecule has 0 saturated carbocycles. The molecule has 1 amide bonds. The van der Waals surface area contributed by atoms with E-state index in [1.165, 1.54) is 0 Å². The van der Waals surface area contributed by atoms with E-state index in [0.717, 1.165) is 5.56 Å². The van der Waals surface area contributed by atoms with Crippen LogP contribution in [0.2, 0.25) is 0 Å². The van der Waals surface area contributed by atoms with E-state index in [2.05, 4.69) is 5.32 Å². The largest absolute Gasteiger partial charge is 0.508 e. The molecular weight excluding hydrogens is 434 g/mol. The van der Waals surface area contributed by atoms with Crippen molar-refractivity contribution in [1.29, 1.82) is 0 Å². The van der Waals surface area contributed by atoms with Gasteiger partial charge in [-0.15, -0.1) is 0 Å². The predicted octanol–water partition coefficient (Wildman–Crippen LogP) is 1.51. The summed E-state index contributed by atoms with van der Waals surface area (Å²) in [5.74, 6) is -1.59. The lowest BCUT2D eigenvalue weighted by Crippen LogP contribution is -2.49. The fourth-order valence-electron chi connectivity index (χ4n) is 3.36. The molecule has 3 unspecified atom stereocenters. The van der Waals surface area contributed by atoms with E-state index >= 15 is 0 Å². The molecule has 5 atom stereocenters. The molecule has 1 aromatic carbocycles. The summed E-state index contributed by atoms with van der Waals surface area (Å²) in [4.78, 5) is 34.8. The number of carboxylic acids is 1. The summed E-state index contributed by atoms with van der Waals surface area (Å²) < 4.78 is 16.6.